The highest BCUT2D eigenvalue weighted by molar-refractivity contribution is 4.81. The Morgan fingerprint density at radius 2 is 0.631 bits per heavy atom. The van der Waals surface area contributed by atoms with E-state index in [9.17, 15) is 8.78 Å². The standard InChI is InChI=1S/C10H21N.C9H17F2N.C9H20N2.C9H19NO.2C9H19N.C8H18N2.2C8H17N.C7H15N.2CH4/c1-9(2)8-11-6-4-10(3)5-7-11;1-8(2)7-12-5-3-9(10,11)4-6-12;1-8(2)10-9-4-6-11(3)7-5-9;1-8(2)11-9-4-6-10(3)7-5-9;1-8(2)10-6-4-9(3)5-7-10;1-9(2)8-10-6-4-3-5-7-10;1-8(2)10-6-4-9(3)5-7-10;1-7(2)4-9-5-8(3)6-9;1-8(2)7-9-5-3-4-6-9;1-7(2)8-5-3-4-6-8;;/h9-10H,4-8H2,1-3H3;8H,3-7H2,1-2H3;8-10H,4-7H2,1-3H3;8-9H,4-7H2,1-3H3;8-9H,4-7H2,1-3H3;9H,3-8H2,1-2H3;8H,4-7H2,1-3H3;7-8H,4-6H2,1-3H3;8H,3-7H2,1-2H3;7H,3-6H2,1-2H3;2*1H4. The van der Waals surface area contributed by atoms with E-state index in [0.717, 1.165) is 72.1 Å². The molecule has 622 valence electrons. The summed E-state index contributed by atoms with van der Waals surface area (Å²) in [6.07, 6.45) is 21.6. The first kappa shape index (κ1) is 104. The second kappa shape index (κ2) is 61.0. The Hall–Kier alpha value is -0.660. The molecule has 15 heteroatoms. The lowest BCUT2D eigenvalue weighted by atomic mass is 9.98. The van der Waals surface area contributed by atoms with E-state index in [0.29, 0.717) is 37.3 Å². The monoisotopic (exact) mass is 1470 g/mol. The number of alkyl halides is 2. The molecule has 10 heterocycles. The van der Waals surface area contributed by atoms with E-state index in [-0.39, 0.29) is 27.7 Å². The van der Waals surface area contributed by atoms with Gasteiger partial charge in [0.1, 0.15) is 0 Å². The van der Waals surface area contributed by atoms with Crippen LogP contribution in [0.15, 0.2) is 0 Å². The van der Waals surface area contributed by atoms with E-state index in [1.54, 1.807) is 0 Å². The van der Waals surface area contributed by atoms with Gasteiger partial charge in [-0.15, -0.1) is 0 Å². The number of likely N-dealkylation sites (tertiary alicyclic amines) is 9. The molecule has 103 heavy (non-hydrogen) atoms. The number of piperazine rings is 1. The smallest absolute Gasteiger partial charge is 0.250 e. The number of rotatable bonds is 17. The molecule has 10 aliphatic heterocycles. The zero-order chi connectivity index (χ0) is 76.0. The molecular weight excluding hydrogens is 1280 g/mol. The van der Waals surface area contributed by atoms with Crippen LogP contribution in [0.2, 0.25) is 0 Å². The first-order valence-electron chi connectivity index (χ1n) is 43.2. The molecular formula is C88H190F2N12O. The van der Waals surface area contributed by atoms with E-state index in [2.05, 4.69) is 240 Å². The molecule has 0 aromatic heterocycles. The molecule has 0 bridgehead atoms. The van der Waals surface area contributed by atoms with Crippen molar-refractivity contribution in [3.63, 3.8) is 0 Å². The maximum atomic E-state index is 12.7. The third-order valence-electron chi connectivity index (χ3n) is 21.5. The summed E-state index contributed by atoms with van der Waals surface area (Å²) in [6.45, 7) is 85.1. The van der Waals surface area contributed by atoms with E-state index in [4.69, 9.17) is 4.74 Å². The molecule has 0 amide bonds. The van der Waals surface area contributed by atoms with Crippen LogP contribution < -0.4 is 5.32 Å². The number of nitrogens with zero attached hydrogens (tertiary/aromatic N) is 11. The van der Waals surface area contributed by atoms with Gasteiger partial charge in [-0.1, -0.05) is 125 Å². The molecule has 0 aromatic carbocycles. The number of halogens is 2. The van der Waals surface area contributed by atoms with Crippen molar-refractivity contribution in [2.45, 2.75) is 332 Å². The minimum absolute atomic E-state index is 0. The van der Waals surface area contributed by atoms with Gasteiger partial charge in [-0.05, 0) is 292 Å². The Balaban J connectivity index is 0. The molecule has 0 atom stereocenters. The van der Waals surface area contributed by atoms with Crippen molar-refractivity contribution in [1.82, 2.24) is 59.2 Å². The van der Waals surface area contributed by atoms with Crippen molar-refractivity contribution < 1.29 is 13.5 Å². The number of hydrogen-bond donors (Lipinski definition) is 1. The van der Waals surface area contributed by atoms with Crippen LogP contribution in [0.5, 0.6) is 0 Å². The van der Waals surface area contributed by atoms with E-state index in [1.807, 2.05) is 0 Å². The van der Waals surface area contributed by atoms with Crippen molar-refractivity contribution in [2.24, 2.45) is 47.3 Å². The predicted molar refractivity (Wildman–Crippen MR) is 455 cm³/mol. The van der Waals surface area contributed by atoms with Crippen LogP contribution in [0.4, 0.5) is 8.78 Å². The fourth-order valence-electron chi connectivity index (χ4n) is 15.3. The van der Waals surface area contributed by atoms with Gasteiger partial charge in [0.25, 0.3) is 5.92 Å². The summed E-state index contributed by atoms with van der Waals surface area (Å²) >= 11 is 0. The number of piperidine rings is 6. The molecule has 13 nitrogen and oxygen atoms in total. The van der Waals surface area contributed by atoms with Crippen molar-refractivity contribution in [3.05, 3.63) is 0 Å². The molecule has 10 rings (SSSR count). The second-order valence-corrected chi connectivity index (χ2v) is 37.0. The van der Waals surface area contributed by atoms with Crippen LogP contribution in [0.3, 0.4) is 0 Å². The predicted octanol–water partition coefficient (Wildman–Crippen LogP) is 18.3. The zero-order valence-corrected chi connectivity index (χ0v) is 72.9. The molecule has 10 saturated heterocycles. The molecule has 0 radical (unpaired) electrons. The van der Waals surface area contributed by atoms with Crippen LogP contribution in [0.25, 0.3) is 0 Å². The largest absolute Gasteiger partial charge is 0.375 e. The number of ether oxygens (including phenoxy) is 1. The number of nitrogens with one attached hydrogen (secondary N) is 1. The van der Waals surface area contributed by atoms with Gasteiger partial charge in [-0.3, -0.25) is 4.90 Å². The minimum atomic E-state index is -2.40. The minimum Gasteiger partial charge on any atom is -0.375 e. The molecule has 0 spiro atoms. The maximum absolute atomic E-state index is 12.7. The molecule has 0 aromatic rings. The Labute approximate surface area is 646 Å². The van der Waals surface area contributed by atoms with Gasteiger partial charge in [0, 0.05) is 141 Å². The van der Waals surface area contributed by atoms with Crippen LogP contribution >= 0.6 is 0 Å². The highest BCUT2D eigenvalue weighted by Crippen LogP contribution is 2.28. The summed E-state index contributed by atoms with van der Waals surface area (Å²) in [4.78, 5) is 27.2. The van der Waals surface area contributed by atoms with Crippen LogP contribution in [-0.2, 0) is 4.74 Å². The summed E-state index contributed by atoms with van der Waals surface area (Å²) in [5.41, 5.74) is 0. The molecule has 10 aliphatic rings. The molecule has 0 unspecified atom stereocenters. The molecule has 0 aliphatic carbocycles. The molecule has 10 fully saturated rings. The van der Waals surface area contributed by atoms with Crippen molar-refractivity contribution in [3.8, 4) is 0 Å². The lowest BCUT2D eigenvalue weighted by Gasteiger charge is -2.38. The number of likely N-dealkylation sites (N-methyl/N-ethyl adjacent to an activating group) is 1. The Morgan fingerprint density at radius 3 is 0.971 bits per heavy atom. The van der Waals surface area contributed by atoms with Crippen molar-refractivity contribution in [2.75, 3.05) is 198 Å². The Morgan fingerprint density at radius 1 is 0.330 bits per heavy atom. The highest BCUT2D eigenvalue weighted by Gasteiger charge is 2.34. The third-order valence-corrected chi connectivity index (χ3v) is 21.5. The summed E-state index contributed by atoms with van der Waals surface area (Å²) in [7, 11) is 6.56. The van der Waals surface area contributed by atoms with Crippen LogP contribution in [0, 0.1) is 47.3 Å². The van der Waals surface area contributed by atoms with Gasteiger partial charge in [0.2, 0.25) is 0 Å². The number of hydrogen-bond acceptors (Lipinski definition) is 13. The lowest BCUT2D eigenvalue weighted by molar-refractivity contribution is -0.0567. The summed E-state index contributed by atoms with van der Waals surface area (Å²) < 4.78 is 31.1. The fraction of sp³-hybridized carbons (Fsp3) is 1.00. The Kier molecular flexibility index (Phi) is 61.8. The van der Waals surface area contributed by atoms with Gasteiger partial charge >= 0.3 is 0 Å². The van der Waals surface area contributed by atoms with Gasteiger partial charge in [0.15, 0.2) is 0 Å². The van der Waals surface area contributed by atoms with Crippen LogP contribution in [0.1, 0.15) is 283 Å². The van der Waals surface area contributed by atoms with Gasteiger partial charge in [-0.2, -0.15) is 0 Å². The fourth-order valence-corrected chi connectivity index (χ4v) is 15.3. The summed E-state index contributed by atoms with van der Waals surface area (Å²) in [5, 5.41) is 3.58. The topological polar surface area (TPSA) is 56.9 Å². The van der Waals surface area contributed by atoms with Gasteiger partial charge in [0.05, 0.1) is 12.2 Å². The average Bonchev–Trinajstić information content (AvgIpc) is 1.54. The van der Waals surface area contributed by atoms with E-state index >= 15 is 0 Å². The van der Waals surface area contributed by atoms with Gasteiger partial charge in [-0.25, -0.2) is 8.78 Å². The first-order valence-corrected chi connectivity index (χ1v) is 43.2. The molecule has 1 N–H and O–H groups in total. The van der Waals surface area contributed by atoms with Crippen molar-refractivity contribution >= 4 is 0 Å². The highest BCUT2D eigenvalue weighted by atomic mass is 19.3. The summed E-state index contributed by atoms with van der Waals surface area (Å²) in [6, 6.07) is 3.67. The Bertz CT molecular complexity index is 1710. The van der Waals surface area contributed by atoms with Crippen molar-refractivity contribution in [1.29, 1.82) is 0 Å². The third kappa shape index (κ3) is 58.0. The normalized spacial score (nSPS) is 22.7. The van der Waals surface area contributed by atoms with E-state index < -0.39 is 5.92 Å². The quantitative estimate of drug-likeness (QED) is 0.151. The second-order valence-electron chi connectivity index (χ2n) is 37.0. The van der Waals surface area contributed by atoms with Gasteiger partial charge < -0.3 is 59.1 Å². The van der Waals surface area contributed by atoms with E-state index in [1.165, 1.54) is 253 Å². The average molecular weight is 1470 g/mol. The zero-order valence-electron chi connectivity index (χ0n) is 72.9. The SMILES string of the molecule is C.C.CC(C)CN1CC(C)C1.CC(C)CN1CCC(C)CC1.CC(C)CN1CCC(F)(F)CC1.CC(C)CN1CCCC1.CC(C)CN1CCCCC1.CC(C)N1CCCC1.CC(C)N1CCN(C)CC1.CC(C)NC1CCN(C)CC1.CC(C)OC1CCN(C)CC1.CC1CCN(C(C)C)CC1. The summed E-state index contributed by atoms with van der Waals surface area (Å²) in [5.74, 6) is 4.46. The lowest BCUT2D eigenvalue weighted by Crippen LogP contribution is -2.47. The van der Waals surface area contributed by atoms with Crippen LogP contribution in [-0.4, -0.2) is 300 Å². The maximum Gasteiger partial charge on any atom is 0.250 e. The first-order chi connectivity index (χ1) is 47.5. The molecule has 0 saturated carbocycles.